The summed E-state index contributed by atoms with van der Waals surface area (Å²) >= 11 is 3.40. The van der Waals surface area contributed by atoms with Gasteiger partial charge in [-0.1, -0.05) is 18.2 Å². The van der Waals surface area contributed by atoms with E-state index in [1.165, 1.54) is 6.07 Å². The third-order valence-corrected chi connectivity index (χ3v) is 3.70. The van der Waals surface area contributed by atoms with E-state index in [0.29, 0.717) is 23.3 Å². The smallest absolute Gasteiger partial charge is 0.133 e. The van der Waals surface area contributed by atoms with Gasteiger partial charge in [0.25, 0.3) is 0 Å². The van der Waals surface area contributed by atoms with Gasteiger partial charge in [-0.15, -0.1) is 0 Å². The molecule has 4 heteroatoms. The molecule has 20 heavy (non-hydrogen) atoms. The molecule has 1 N–H and O–H groups in total. The maximum Gasteiger partial charge on any atom is 0.133 e. The van der Waals surface area contributed by atoms with Crippen molar-refractivity contribution in [3.05, 3.63) is 63.4 Å². The second-order valence-corrected chi connectivity index (χ2v) is 5.39. The SMILES string of the molecule is CCOc1ccc(C(O)c2ccc(C)c(F)c2)cc1Br. The number of aliphatic hydroxyl groups excluding tert-OH is 1. The number of hydrogen-bond acceptors (Lipinski definition) is 2. The summed E-state index contributed by atoms with van der Waals surface area (Å²) < 4.78 is 19.7. The third-order valence-electron chi connectivity index (χ3n) is 3.08. The van der Waals surface area contributed by atoms with Crippen LogP contribution in [-0.4, -0.2) is 11.7 Å². The zero-order valence-corrected chi connectivity index (χ0v) is 12.9. The van der Waals surface area contributed by atoms with Gasteiger partial charge in [-0.2, -0.15) is 0 Å². The van der Waals surface area contributed by atoms with Crippen LogP contribution in [0, 0.1) is 12.7 Å². The molecule has 0 saturated heterocycles. The Hall–Kier alpha value is -1.39. The first-order chi connectivity index (χ1) is 9.52. The summed E-state index contributed by atoms with van der Waals surface area (Å²) in [4.78, 5) is 0. The fourth-order valence-corrected chi connectivity index (χ4v) is 2.44. The van der Waals surface area contributed by atoms with E-state index in [9.17, 15) is 9.50 Å². The van der Waals surface area contributed by atoms with Gasteiger partial charge in [-0.3, -0.25) is 0 Å². The van der Waals surface area contributed by atoms with Gasteiger partial charge in [-0.05, 0) is 64.7 Å². The first kappa shape index (κ1) is 15.0. The lowest BCUT2D eigenvalue weighted by Gasteiger charge is -2.14. The van der Waals surface area contributed by atoms with Crippen LogP contribution >= 0.6 is 15.9 Å². The molecule has 0 aliphatic heterocycles. The van der Waals surface area contributed by atoms with Crippen molar-refractivity contribution in [2.45, 2.75) is 20.0 Å². The lowest BCUT2D eigenvalue weighted by molar-refractivity contribution is 0.219. The Kier molecular flexibility index (Phi) is 4.78. The molecule has 2 rings (SSSR count). The Labute approximate surface area is 126 Å². The van der Waals surface area contributed by atoms with Crippen LogP contribution < -0.4 is 4.74 Å². The molecule has 0 amide bonds. The Morgan fingerprint density at radius 2 is 1.85 bits per heavy atom. The predicted octanol–water partition coefficient (Wildman–Crippen LogP) is 4.38. The van der Waals surface area contributed by atoms with E-state index in [1.54, 1.807) is 37.3 Å². The van der Waals surface area contributed by atoms with E-state index in [2.05, 4.69) is 15.9 Å². The quantitative estimate of drug-likeness (QED) is 0.896. The van der Waals surface area contributed by atoms with E-state index in [-0.39, 0.29) is 5.82 Å². The number of aliphatic hydroxyl groups is 1. The van der Waals surface area contributed by atoms with Gasteiger partial charge >= 0.3 is 0 Å². The van der Waals surface area contributed by atoms with Crippen molar-refractivity contribution in [3.8, 4) is 5.75 Å². The summed E-state index contributed by atoms with van der Waals surface area (Å²) in [6, 6.07) is 10.1. The molecule has 0 aliphatic rings. The maximum absolute atomic E-state index is 13.6. The van der Waals surface area contributed by atoms with Crippen LogP contribution in [0.5, 0.6) is 5.75 Å². The largest absolute Gasteiger partial charge is 0.493 e. The highest BCUT2D eigenvalue weighted by Crippen LogP contribution is 2.31. The van der Waals surface area contributed by atoms with Gasteiger partial charge in [-0.25, -0.2) is 4.39 Å². The topological polar surface area (TPSA) is 29.5 Å². The first-order valence-electron chi connectivity index (χ1n) is 6.39. The number of halogens is 2. The molecule has 2 nitrogen and oxygen atoms in total. The maximum atomic E-state index is 13.6. The van der Waals surface area contributed by atoms with E-state index in [1.807, 2.05) is 6.92 Å². The minimum atomic E-state index is -0.864. The fraction of sp³-hybridized carbons (Fsp3) is 0.250. The zero-order chi connectivity index (χ0) is 14.7. The van der Waals surface area contributed by atoms with Crippen molar-refractivity contribution in [3.63, 3.8) is 0 Å². The molecule has 0 aliphatic carbocycles. The molecule has 0 saturated carbocycles. The second kappa shape index (κ2) is 6.37. The highest BCUT2D eigenvalue weighted by atomic mass is 79.9. The van der Waals surface area contributed by atoms with Crippen molar-refractivity contribution in [2.24, 2.45) is 0 Å². The summed E-state index contributed by atoms with van der Waals surface area (Å²) in [5.74, 6) is 0.407. The summed E-state index contributed by atoms with van der Waals surface area (Å²) in [5.41, 5.74) is 1.78. The molecule has 0 radical (unpaired) electrons. The molecule has 0 bridgehead atoms. The van der Waals surface area contributed by atoms with Crippen LogP contribution in [0.1, 0.15) is 29.7 Å². The van der Waals surface area contributed by atoms with Crippen LogP contribution in [-0.2, 0) is 0 Å². The average molecular weight is 339 g/mol. The van der Waals surface area contributed by atoms with Crippen molar-refractivity contribution in [2.75, 3.05) is 6.61 Å². The van der Waals surface area contributed by atoms with Crippen LogP contribution in [0.25, 0.3) is 0 Å². The normalized spacial score (nSPS) is 12.2. The van der Waals surface area contributed by atoms with E-state index in [0.717, 1.165) is 10.2 Å². The van der Waals surface area contributed by atoms with Crippen LogP contribution in [0.3, 0.4) is 0 Å². The van der Waals surface area contributed by atoms with Gasteiger partial charge in [0.2, 0.25) is 0 Å². The Balaban J connectivity index is 2.30. The Morgan fingerprint density at radius 1 is 1.20 bits per heavy atom. The van der Waals surface area contributed by atoms with Gasteiger partial charge in [0.1, 0.15) is 17.7 Å². The molecule has 0 fully saturated rings. The van der Waals surface area contributed by atoms with Gasteiger partial charge in [0, 0.05) is 0 Å². The van der Waals surface area contributed by atoms with Crippen LogP contribution in [0.4, 0.5) is 4.39 Å². The average Bonchev–Trinajstić information content (AvgIpc) is 2.43. The molecule has 1 unspecified atom stereocenters. The molecule has 2 aromatic carbocycles. The number of rotatable bonds is 4. The molecule has 0 spiro atoms. The zero-order valence-electron chi connectivity index (χ0n) is 11.4. The Morgan fingerprint density at radius 3 is 2.45 bits per heavy atom. The molecule has 0 aromatic heterocycles. The Bertz CT molecular complexity index is 613. The van der Waals surface area contributed by atoms with Crippen molar-refractivity contribution >= 4 is 15.9 Å². The van der Waals surface area contributed by atoms with Crippen LogP contribution in [0.15, 0.2) is 40.9 Å². The fourth-order valence-electron chi connectivity index (χ4n) is 1.93. The monoisotopic (exact) mass is 338 g/mol. The number of aryl methyl sites for hydroxylation is 1. The predicted molar refractivity (Wildman–Crippen MR) is 80.5 cm³/mol. The van der Waals surface area contributed by atoms with E-state index >= 15 is 0 Å². The highest BCUT2D eigenvalue weighted by Gasteiger charge is 2.14. The van der Waals surface area contributed by atoms with Crippen molar-refractivity contribution < 1.29 is 14.2 Å². The van der Waals surface area contributed by atoms with Gasteiger partial charge in [0.05, 0.1) is 11.1 Å². The molecule has 2 aromatic rings. The summed E-state index contributed by atoms with van der Waals surface area (Å²) in [5, 5.41) is 10.3. The molecular formula is C16H16BrFO2. The molecule has 106 valence electrons. The summed E-state index contributed by atoms with van der Waals surface area (Å²) in [7, 11) is 0. The third kappa shape index (κ3) is 3.19. The number of benzene rings is 2. The van der Waals surface area contributed by atoms with Crippen LogP contribution in [0.2, 0.25) is 0 Å². The number of ether oxygens (including phenoxy) is 1. The van der Waals surface area contributed by atoms with Gasteiger partial charge < -0.3 is 9.84 Å². The van der Waals surface area contributed by atoms with Crippen molar-refractivity contribution in [1.82, 2.24) is 0 Å². The number of hydrogen-bond donors (Lipinski definition) is 1. The molecular weight excluding hydrogens is 323 g/mol. The highest BCUT2D eigenvalue weighted by molar-refractivity contribution is 9.10. The minimum Gasteiger partial charge on any atom is -0.493 e. The van der Waals surface area contributed by atoms with Crippen molar-refractivity contribution in [1.29, 1.82) is 0 Å². The standard InChI is InChI=1S/C16H16BrFO2/c1-3-20-15-7-6-11(8-13(15)17)16(19)12-5-4-10(2)14(18)9-12/h4-9,16,19H,3H2,1-2H3. The minimum absolute atomic E-state index is 0.313. The summed E-state index contributed by atoms with van der Waals surface area (Å²) in [6.07, 6.45) is -0.864. The second-order valence-electron chi connectivity index (χ2n) is 4.53. The summed E-state index contributed by atoms with van der Waals surface area (Å²) in [6.45, 7) is 4.17. The van der Waals surface area contributed by atoms with E-state index < -0.39 is 6.10 Å². The molecule has 0 heterocycles. The van der Waals surface area contributed by atoms with E-state index in [4.69, 9.17) is 4.74 Å². The lowest BCUT2D eigenvalue weighted by Crippen LogP contribution is -2.02. The lowest BCUT2D eigenvalue weighted by atomic mass is 10.0. The van der Waals surface area contributed by atoms with Gasteiger partial charge in [0.15, 0.2) is 0 Å². The first-order valence-corrected chi connectivity index (χ1v) is 7.18. The molecule has 1 atom stereocenters.